The molecule has 0 aliphatic heterocycles. The third kappa shape index (κ3) is 3.43. The van der Waals surface area contributed by atoms with Gasteiger partial charge in [-0.1, -0.05) is 119 Å². The predicted octanol–water partition coefficient (Wildman–Crippen LogP) is 8.71. The van der Waals surface area contributed by atoms with Crippen molar-refractivity contribution in [2.24, 2.45) is 0 Å². The Kier molecular flexibility index (Phi) is 5.15. The smallest absolute Gasteiger partial charge is 0.0670 e. The number of rotatable bonds is 4. The molecule has 172 valence electrons. The molecule has 0 aromatic heterocycles. The summed E-state index contributed by atoms with van der Waals surface area (Å²) in [5.74, 6) is 0. The molecule has 4 aromatic rings. The fourth-order valence-corrected chi connectivity index (χ4v) is 6.22. The van der Waals surface area contributed by atoms with Gasteiger partial charge in [-0.3, -0.25) is 0 Å². The minimum absolute atomic E-state index is 0.335. The molecule has 0 radical (unpaired) electrons. The molecule has 0 amide bonds. The van der Waals surface area contributed by atoms with E-state index in [0.29, 0.717) is 0 Å². The molecule has 0 heteroatoms. The van der Waals surface area contributed by atoms with Gasteiger partial charge < -0.3 is 0 Å². The Bertz CT molecular complexity index is 1450. The van der Waals surface area contributed by atoms with E-state index in [1.54, 1.807) is 0 Å². The summed E-state index contributed by atoms with van der Waals surface area (Å²) < 4.78 is 0. The first-order valence-corrected chi connectivity index (χ1v) is 12.7. The van der Waals surface area contributed by atoms with E-state index in [4.69, 9.17) is 0 Å². The molecule has 0 bridgehead atoms. The SMILES string of the molecule is Cc1ccc(C(C2=CC=CC2)(c2ccc(C)cc2)c2cc(C)cc3c2Cc2ccc(C)cc2-3)cc1. The van der Waals surface area contributed by atoms with Crippen LogP contribution in [-0.2, 0) is 11.8 Å². The van der Waals surface area contributed by atoms with Crippen molar-refractivity contribution in [2.45, 2.75) is 46.0 Å². The van der Waals surface area contributed by atoms with E-state index in [1.807, 2.05) is 0 Å². The molecule has 2 aliphatic carbocycles. The summed E-state index contributed by atoms with van der Waals surface area (Å²) in [5.41, 5.74) is 16.2. The molecule has 0 nitrogen and oxygen atoms in total. The van der Waals surface area contributed by atoms with Crippen molar-refractivity contribution >= 4 is 0 Å². The Balaban J connectivity index is 1.73. The van der Waals surface area contributed by atoms with Crippen molar-refractivity contribution in [1.29, 1.82) is 0 Å². The number of hydrogen-bond donors (Lipinski definition) is 0. The summed E-state index contributed by atoms with van der Waals surface area (Å²) in [6.07, 6.45) is 8.86. The normalized spacial score (nSPS) is 14.1. The monoisotopic (exact) mass is 452 g/mol. The van der Waals surface area contributed by atoms with E-state index in [-0.39, 0.29) is 5.41 Å². The number of benzene rings is 4. The molecule has 0 fully saturated rings. The zero-order chi connectivity index (χ0) is 24.2. The quantitative estimate of drug-likeness (QED) is 0.239. The fourth-order valence-electron chi connectivity index (χ4n) is 6.22. The lowest BCUT2D eigenvalue weighted by Gasteiger charge is -2.39. The van der Waals surface area contributed by atoms with Gasteiger partial charge >= 0.3 is 0 Å². The standard InChI is InChI=1S/C35H32/c1-23-10-15-29(16-11-23)35(28-7-5-6-8-28,30-17-12-24(2)13-18-30)34-21-26(4)20-32-31-19-25(3)9-14-27(31)22-33(32)34/h5-7,9-21H,8,22H2,1-4H3. The van der Waals surface area contributed by atoms with Gasteiger partial charge in [0.15, 0.2) is 0 Å². The highest BCUT2D eigenvalue weighted by Gasteiger charge is 2.43. The zero-order valence-corrected chi connectivity index (χ0v) is 21.2. The highest BCUT2D eigenvalue weighted by atomic mass is 14.4. The maximum absolute atomic E-state index is 2.47. The van der Waals surface area contributed by atoms with E-state index < -0.39 is 0 Å². The van der Waals surface area contributed by atoms with Crippen molar-refractivity contribution in [3.63, 3.8) is 0 Å². The molecule has 2 aliphatic rings. The third-order valence-electron chi connectivity index (χ3n) is 7.94. The van der Waals surface area contributed by atoms with E-state index in [9.17, 15) is 0 Å². The summed E-state index contributed by atoms with van der Waals surface area (Å²) in [4.78, 5) is 0. The second kappa shape index (κ2) is 8.24. The van der Waals surface area contributed by atoms with Crippen molar-refractivity contribution in [3.8, 4) is 11.1 Å². The van der Waals surface area contributed by atoms with Crippen LogP contribution in [0, 0.1) is 27.7 Å². The summed E-state index contributed by atoms with van der Waals surface area (Å²) in [6, 6.07) is 30.4. The second-order valence-corrected chi connectivity index (χ2v) is 10.5. The van der Waals surface area contributed by atoms with Crippen LogP contribution in [0.15, 0.2) is 103 Å². The maximum atomic E-state index is 2.47. The van der Waals surface area contributed by atoms with Crippen LogP contribution < -0.4 is 0 Å². The van der Waals surface area contributed by atoms with Gasteiger partial charge in [0.05, 0.1) is 5.41 Å². The van der Waals surface area contributed by atoms with Gasteiger partial charge in [0.2, 0.25) is 0 Å². The van der Waals surface area contributed by atoms with Crippen molar-refractivity contribution in [1.82, 2.24) is 0 Å². The Hall–Kier alpha value is -3.64. The average molecular weight is 453 g/mol. The van der Waals surface area contributed by atoms with Crippen LogP contribution in [0.4, 0.5) is 0 Å². The lowest BCUT2D eigenvalue weighted by Crippen LogP contribution is -2.33. The molecule has 0 unspecified atom stereocenters. The molecule has 0 atom stereocenters. The second-order valence-electron chi connectivity index (χ2n) is 10.5. The Morgan fingerprint density at radius 2 is 1.20 bits per heavy atom. The highest BCUT2D eigenvalue weighted by Crippen LogP contribution is 2.52. The number of aryl methyl sites for hydroxylation is 4. The van der Waals surface area contributed by atoms with Gasteiger partial charge in [0.25, 0.3) is 0 Å². The van der Waals surface area contributed by atoms with Gasteiger partial charge in [-0.15, -0.1) is 0 Å². The minimum atomic E-state index is -0.335. The van der Waals surface area contributed by atoms with Gasteiger partial charge in [-0.25, -0.2) is 0 Å². The fraction of sp³-hybridized carbons (Fsp3) is 0.200. The molecular formula is C35H32. The largest absolute Gasteiger partial charge is 0.0804 e. The molecule has 4 aromatic carbocycles. The van der Waals surface area contributed by atoms with Crippen LogP contribution >= 0.6 is 0 Å². The number of fused-ring (bicyclic) bond motifs is 3. The molecule has 0 N–H and O–H groups in total. The molecule has 35 heavy (non-hydrogen) atoms. The maximum Gasteiger partial charge on any atom is 0.0670 e. The first-order valence-electron chi connectivity index (χ1n) is 12.7. The summed E-state index contributed by atoms with van der Waals surface area (Å²) >= 11 is 0. The van der Waals surface area contributed by atoms with E-state index >= 15 is 0 Å². The van der Waals surface area contributed by atoms with Crippen LogP contribution in [0.5, 0.6) is 0 Å². The van der Waals surface area contributed by atoms with Crippen LogP contribution in [0.1, 0.15) is 56.5 Å². The minimum Gasteiger partial charge on any atom is -0.0804 e. The first kappa shape index (κ1) is 21.9. The highest BCUT2D eigenvalue weighted by molar-refractivity contribution is 5.81. The Morgan fingerprint density at radius 3 is 1.80 bits per heavy atom. The van der Waals surface area contributed by atoms with E-state index in [0.717, 1.165) is 12.8 Å². The molecule has 0 saturated heterocycles. The number of allylic oxidation sites excluding steroid dienone is 4. The van der Waals surface area contributed by atoms with Crippen LogP contribution in [0.25, 0.3) is 11.1 Å². The Morgan fingerprint density at radius 1 is 0.600 bits per heavy atom. The molecular weight excluding hydrogens is 420 g/mol. The summed E-state index contributed by atoms with van der Waals surface area (Å²) in [5, 5.41) is 0. The summed E-state index contributed by atoms with van der Waals surface area (Å²) in [7, 11) is 0. The van der Waals surface area contributed by atoms with Crippen LogP contribution in [-0.4, -0.2) is 0 Å². The average Bonchev–Trinajstić information content (AvgIpc) is 3.50. The van der Waals surface area contributed by atoms with Gasteiger partial charge in [-0.2, -0.15) is 0 Å². The van der Waals surface area contributed by atoms with Crippen molar-refractivity contribution in [2.75, 3.05) is 0 Å². The molecule has 0 spiro atoms. The van der Waals surface area contributed by atoms with Gasteiger partial charge in [0.1, 0.15) is 0 Å². The van der Waals surface area contributed by atoms with Crippen LogP contribution in [0.3, 0.4) is 0 Å². The van der Waals surface area contributed by atoms with Crippen LogP contribution in [0.2, 0.25) is 0 Å². The van der Waals surface area contributed by atoms with E-state index in [1.165, 1.54) is 66.8 Å². The molecule has 6 rings (SSSR count). The van der Waals surface area contributed by atoms with Crippen molar-refractivity contribution in [3.05, 3.63) is 153 Å². The molecule has 0 heterocycles. The van der Waals surface area contributed by atoms with Crippen molar-refractivity contribution < 1.29 is 0 Å². The van der Waals surface area contributed by atoms with E-state index in [2.05, 4.69) is 125 Å². The Labute approximate surface area is 209 Å². The third-order valence-corrected chi connectivity index (χ3v) is 7.94. The lowest BCUT2D eigenvalue weighted by molar-refractivity contribution is 0.702. The first-order chi connectivity index (χ1) is 17.0. The van der Waals surface area contributed by atoms with Gasteiger partial charge in [0, 0.05) is 0 Å². The predicted molar refractivity (Wildman–Crippen MR) is 148 cm³/mol. The lowest BCUT2D eigenvalue weighted by atomic mass is 9.62. The van der Waals surface area contributed by atoms with Gasteiger partial charge in [-0.05, 0) is 85.1 Å². The zero-order valence-electron chi connectivity index (χ0n) is 21.2. The number of hydrogen-bond acceptors (Lipinski definition) is 0. The molecule has 0 saturated carbocycles. The summed E-state index contributed by atoms with van der Waals surface area (Å²) in [6.45, 7) is 8.81. The topological polar surface area (TPSA) is 0 Å².